The predicted molar refractivity (Wildman–Crippen MR) is 132 cm³/mol. The van der Waals surface area contributed by atoms with Gasteiger partial charge in [-0.2, -0.15) is 0 Å². The first-order chi connectivity index (χ1) is 16.2. The lowest BCUT2D eigenvalue weighted by atomic mass is 9.99. The highest BCUT2D eigenvalue weighted by Gasteiger charge is 2.61. The summed E-state index contributed by atoms with van der Waals surface area (Å²) >= 11 is 1.44. The molecule has 0 aromatic heterocycles. The second kappa shape index (κ2) is 8.04. The zero-order valence-corrected chi connectivity index (χ0v) is 19.1. The molecule has 2 atom stereocenters. The molecule has 2 saturated heterocycles. The van der Waals surface area contributed by atoms with Gasteiger partial charge in [0.1, 0.15) is 0 Å². The number of para-hydroxylation sites is 2. The normalized spacial score (nSPS) is 24.8. The molecule has 0 N–H and O–H groups in total. The van der Waals surface area contributed by atoms with Gasteiger partial charge in [-0.15, -0.1) is 11.8 Å². The van der Waals surface area contributed by atoms with Crippen LogP contribution in [0.2, 0.25) is 0 Å². The Hall–Kier alpha value is -3.09. The maximum absolute atomic E-state index is 14.1. The summed E-state index contributed by atoms with van der Waals surface area (Å²) in [7, 11) is 0. The number of hydrogen-bond donors (Lipinski definition) is 0. The van der Waals surface area contributed by atoms with E-state index in [0.717, 1.165) is 36.4 Å². The Morgan fingerprint density at radius 3 is 2.36 bits per heavy atom. The Labute approximate surface area is 198 Å². The van der Waals surface area contributed by atoms with E-state index in [1.54, 1.807) is 4.90 Å². The van der Waals surface area contributed by atoms with Crippen LogP contribution < -0.4 is 9.80 Å². The van der Waals surface area contributed by atoms with Crippen LogP contribution in [0.25, 0.3) is 0 Å². The monoisotopic (exact) mass is 455 g/mol. The molecule has 3 aliphatic rings. The minimum Gasteiger partial charge on any atom is -0.295 e. The van der Waals surface area contributed by atoms with Gasteiger partial charge in [-0.05, 0) is 36.1 Å². The number of hydrogen-bond acceptors (Lipinski definition) is 4. The van der Waals surface area contributed by atoms with Gasteiger partial charge >= 0.3 is 0 Å². The zero-order chi connectivity index (χ0) is 22.4. The third kappa shape index (κ3) is 3.20. The number of amides is 2. The maximum Gasteiger partial charge on any atom is 0.269 e. The molecule has 0 aliphatic carbocycles. The van der Waals surface area contributed by atoms with Crippen molar-refractivity contribution in [3.8, 4) is 0 Å². The lowest BCUT2D eigenvalue weighted by molar-refractivity contribution is -0.123. The first kappa shape index (κ1) is 20.5. The quantitative estimate of drug-likeness (QED) is 0.585. The van der Waals surface area contributed by atoms with Gasteiger partial charge in [0.15, 0.2) is 0 Å². The van der Waals surface area contributed by atoms with Gasteiger partial charge in [0, 0.05) is 24.3 Å². The number of nitrogens with zero attached hydrogens (tertiary/aromatic N) is 3. The van der Waals surface area contributed by atoms with Crippen LogP contribution in [0.5, 0.6) is 0 Å². The number of benzene rings is 3. The van der Waals surface area contributed by atoms with Gasteiger partial charge in [-0.1, -0.05) is 66.7 Å². The number of carbonyl (C=O) groups is 2. The standard InChI is InChI=1S/C27H25N3O2S/c31-25-18-33-27(30(25)22-11-5-2-6-12-22)23-13-7-8-14-24(23)29(26(27)32)19-28-16-15-21(17-28)20-9-3-1-4-10-20/h1-14,21H,15-19H2/t21-,27+/m0/s1. The topological polar surface area (TPSA) is 43.9 Å². The van der Waals surface area contributed by atoms with E-state index in [4.69, 9.17) is 0 Å². The van der Waals surface area contributed by atoms with Crippen LogP contribution in [0.4, 0.5) is 11.4 Å². The second-order valence-electron chi connectivity index (χ2n) is 8.86. The summed E-state index contributed by atoms with van der Waals surface area (Å²) in [6.07, 6.45) is 1.09. The van der Waals surface area contributed by atoms with E-state index >= 15 is 0 Å². The van der Waals surface area contributed by atoms with Crippen LogP contribution in [-0.2, 0) is 14.5 Å². The highest BCUT2D eigenvalue weighted by atomic mass is 32.2. The largest absolute Gasteiger partial charge is 0.295 e. The average Bonchev–Trinajstić information content (AvgIpc) is 3.53. The van der Waals surface area contributed by atoms with E-state index in [1.165, 1.54) is 17.3 Å². The molecule has 3 aromatic rings. The summed E-state index contributed by atoms with van der Waals surface area (Å²) in [6, 6.07) is 28.2. The minimum absolute atomic E-state index is 0.0217. The molecule has 6 heteroatoms. The second-order valence-corrected chi connectivity index (χ2v) is 10.0. The van der Waals surface area contributed by atoms with Crippen molar-refractivity contribution >= 4 is 35.0 Å². The molecule has 166 valence electrons. The van der Waals surface area contributed by atoms with Crippen molar-refractivity contribution in [1.82, 2.24) is 4.90 Å². The van der Waals surface area contributed by atoms with Gasteiger partial charge in [0.05, 0.1) is 18.1 Å². The third-order valence-electron chi connectivity index (χ3n) is 6.96. The number of rotatable bonds is 4. The number of thioether (sulfide) groups is 1. The number of likely N-dealkylation sites (tertiary alicyclic amines) is 1. The molecule has 3 heterocycles. The maximum atomic E-state index is 14.1. The minimum atomic E-state index is -1.03. The van der Waals surface area contributed by atoms with Crippen LogP contribution in [0.1, 0.15) is 23.5 Å². The molecule has 2 amide bonds. The Kier molecular flexibility index (Phi) is 5.00. The van der Waals surface area contributed by atoms with Crippen molar-refractivity contribution in [2.45, 2.75) is 17.2 Å². The van der Waals surface area contributed by atoms with Crippen LogP contribution >= 0.6 is 11.8 Å². The van der Waals surface area contributed by atoms with Crippen molar-refractivity contribution in [3.63, 3.8) is 0 Å². The Balaban J connectivity index is 1.33. The number of carbonyl (C=O) groups excluding carboxylic acids is 2. The summed E-state index contributed by atoms with van der Waals surface area (Å²) in [5.74, 6) is 0.729. The lowest BCUT2D eigenvalue weighted by Crippen LogP contribution is -2.51. The molecule has 2 fully saturated rings. The summed E-state index contributed by atoms with van der Waals surface area (Å²) in [5.41, 5.74) is 3.95. The number of anilines is 2. The van der Waals surface area contributed by atoms with E-state index in [-0.39, 0.29) is 11.8 Å². The van der Waals surface area contributed by atoms with E-state index in [9.17, 15) is 9.59 Å². The Bertz CT molecular complexity index is 1200. The van der Waals surface area contributed by atoms with Gasteiger partial charge in [-0.3, -0.25) is 24.3 Å². The molecule has 0 radical (unpaired) electrons. The molecular weight excluding hydrogens is 430 g/mol. The van der Waals surface area contributed by atoms with Crippen LogP contribution in [-0.4, -0.2) is 42.2 Å². The summed E-state index contributed by atoms with van der Waals surface area (Å²) in [5, 5.41) is 0. The third-order valence-corrected chi connectivity index (χ3v) is 8.35. The molecule has 3 aliphatic heterocycles. The molecule has 33 heavy (non-hydrogen) atoms. The first-order valence-corrected chi connectivity index (χ1v) is 12.4. The highest BCUT2D eigenvalue weighted by molar-refractivity contribution is 8.02. The van der Waals surface area contributed by atoms with Crippen molar-refractivity contribution < 1.29 is 9.59 Å². The SMILES string of the molecule is O=C1CS[C@]2(C(=O)N(CN3CC[C@H](c4ccccc4)C3)c3ccccc32)N1c1ccccc1. The molecule has 5 nitrogen and oxygen atoms in total. The summed E-state index contributed by atoms with van der Waals surface area (Å²) < 4.78 is 0. The van der Waals surface area contributed by atoms with Gasteiger partial charge in [0.25, 0.3) is 5.91 Å². The Morgan fingerprint density at radius 1 is 0.879 bits per heavy atom. The van der Waals surface area contributed by atoms with E-state index in [0.29, 0.717) is 18.3 Å². The lowest BCUT2D eigenvalue weighted by Gasteiger charge is -2.33. The average molecular weight is 456 g/mol. The molecule has 1 spiro atoms. The van der Waals surface area contributed by atoms with Crippen LogP contribution in [0, 0.1) is 0 Å². The van der Waals surface area contributed by atoms with E-state index < -0.39 is 4.87 Å². The smallest absolute Gasteiger partial charge is 0.269 e. The van der Waals surface area contributed by atoms with Gasteiger partial charge in [0.2, 0.25) is 10.8 Å². The van der Waals surface area contributed by atoms with Crippen molar-refractivity contribution in [2.75, 3.05) is 35.3 Å². The predicted octanol–water partition coefficient (Wildman–Crippen LogP) is 4.41. The Morgan fingerprint density at radius 2 is 1.58 bits per heavy atom. The molecule has 6 rings (SSSR count). The molecular formula is C27H25N3O2S. The molecule has 0 saturated carbocycles. The fourth-order valence-electron chi connectivity index (χ4n) is 5.43. The van der Waals surface area contributed by atoms with Crippen molar-refractivity contribution in [2.24, 2.45) is 0 Å². The fraction of sp³-hybridized carbons (Fsp3) is 0.259. The highest BCUT2D eigenvalue weighted by Crippen LogP contribution is 2.55. The zero-order valence-electron chi connectivity index (χ0n) is 18.3. The van der Waals surface area contributed by atoms with Gasteiger partial charge in [-0.25, -0.2) is 0 Å². The summed E-state index contributed by atoms with van der Waals surface area (Å²) in [6.45, 7) is 2.42. The fourth-order valence-corrected chi connectivity index (χ4v) is 6.79. The van der Waals surface area contributed by atoms with Crippen LogP contribution in [0.3, 0.4) is 0 Å². The number of fused-ring (bicyclic) bond motifs is 2. The van der Waals surface area contributed by atoms with E-state index in [1.807, 2.05) is 59.5 Å². The van der Waals surface area contributed by atoms with Crippen LogP contribution in [0.15, 0.2) is 84.9 Å². The molecule has 3 aromatic carbocycles. The van der Waals surface area contributed by atoms with E-state index in [2.05, 4.69) is 35.2 Å². The van der Waals surface area contributed by atoms with Crippen molar-refractivity contribution in [1.29, 1.82) is 0 Å². The first-order valence-electron chi connectivity index (χ1n) is 11.4. The molecule has 0 bridgehead atoms. The van der Waals surface area contributed by atoms with Crippen molar-refractivity contribution in [3.05, 3.63) is 96.1 Å². The van der Waals surface area contributed by atoms with Gasteiger partial charge < -0.3 is 0 Å². The summed E-state index contributed by atoms with van der Waals surface area (Å²) in [4.78, 5) is 32.1. The molecule has 0 unspecified atom stereocenters.